The molecule has 2 nitrogen and oxygen atoms in total. The summed E-state index contributed by atoms with van der Waals surface area (Å²) in [5.74, 6) is 0. The third-order valence-corrected chi connectivity index (χ3v) is 6.69. The fourth-order valence-electron chi connectivity index (χ4n) is 3.33. The lowest BCUT2D eigenvalue weighted by atomic mass is 9.67. The van der Waals surface area contributed by atoms with E-state index in [0.29, 0.717) is 5.41 Å². The van der Waals surface area contributed by atoms with Crippen molar-refractivity contribution in [3.63, 3.8) is 0 Å². The van der Waals surface area contributed by atoms with E-state index in [2.05, 4.69) is 52.8 Å². The Morgan fingerprint density at radius 1 is 1.29 bits per heavy atom. The van der Waals surface area contributed by atoms with Crippen LogP contribution in [-0.2, 0) is 4.74 Å². The van der Waals surface area contributed by atoms with Gasteiger partial charge in [-0.1, -0.05) is 20.8 Å². The Morgan fingerprint density at radius 2 is 1.95 bits per heavy atom. The van der Waals surface area contributed by atoms with Crippen LogP contribution < -0.4 is 5.32 Å². The summed E-state index contributed by atoms with van der Waals surface area (Å²) in [6.45, 7) is 8.00. The molecule has 0 aromatic carbocycles. The minimum Gasteiger partial charge on any atom is -0.376 e. The second-order valence-electron chi connectivity index (χ2n) is 7.00. The molecule has 1 fully saturated rings. The van der Waals surface area contributed by atoms with Crippen LogP contribution in [0.15, 0.2) is 15.2 Å². The molecule has 1 atom stereocenters. The van der Waals surface area contributed by atoms with Gasteiger partial charge in [-0.25, -0.2) is 0 Å². The maximum atomic E-state index is 6.13. The van der Waals surface area contributed by atoms with E-state index in [9.17, 15) is 0 Å². The summed E-state index contributed by atoms with van der Waals surface area (Å²) in [4.78, 5) is 0. The van der Waals surface area contributed by atoms with Crippen LogP contribution in [0.2, 0.25) is 0 Å². The first-order valence-electron chi connectivity index (χ1n) is 7.94. The largest absolute Gasteiger partial charge is 0.376 e. The van der Waals surface area contributed by atoms with Gasteiger partial charge in [-0.3, -0.25) is 0 Å². The average Bonchev–Trinajstić information content (AvgIpc) is 2.87. The van der Waals surface area contributed by atoms with Crippen LogP contribution in [0.1, 0.15) is 64.5 Å². The van der Waals surface area contributed by atoms with Gasteiger partial charge in [-0.2, -0.15) is 11.3 Å². The van der Waals surface area contributed by atoms with E-state index in [4.69, 9.17) is 4.74 Å². The first kappa shape index (κ1) is 17.5. The van der Waals surface area contributed by atoms with Gasteiger partial charge in [0, 0.05) is 17.0 Å². The van der Waals surface area contributed by atoms with Crippen molar-refractivity contribution in [2.45, 2.75) is 64.5 Å². The summed E-state index contributed by atoms with van der Waals surface area (Å²) in [5.41, 5.74) is 1.73. The van der Waals surface area contributed by atoms with Gasteiger partial charge in [0.1, 0.15) is 0 Å². The molecule has 1 N–H and O–H groups in total. The van der Waals surface area contributed by atoms with Crippen molar-refractivity contribution in [1.82, 2.24) is 5.32 Å². The van der Waals surface area contributed by atoms with Gasteiger partial charge in [0.05, 0.1) is 11.6 Å². The van der Waals surface area contributed by atoms with Gasteiger partial charge >= 0.3 is 0 Å². The van der Waals surface area contributed by atoms with E-state index in [0.717, 1.165) is 25.8 Å². The molecule has 0 bridgehead atoms. The first-order chi connectivity index (χ1) is 9.94. The smallest absolute Gasteiger partial charge is 0.0873 e. The van der Waals surface area contributed by atoms with Gasteiger partial charge in [-0.05, 0) is 70.9 Å². The fourth-order valence-corrected chi connectivity index (χ4v) is 4.88. The third-order valence-electron chi connectivity index (χ3n) is 4.93. The molecule has 0 amide bonds. The predicted molar refractivity (Wildman–Crippen MR) is 95.0 cm³/mol. The molecule has 1 saturated carbocycles. The summed E-state index contributed by atoms with van der Waals surface area (Å²) in [6.07, 6.45) is 5.85. The standard InChI is InChI=1S/C17H28BrNOS/c1-5-10-19-15(13-11-21-12-14(13)18)17(20-4)8-6-16(2,3)7-9-17/h11-12,15,19H,5-10H2,1-4H3. The molecular formula is C17H28BrNOS. The Morgan fingerprint density at radius 3 is 2.43 bits per heavy atom. The molecule has 1 unspecified atom stereocenters. The third kappa shape index (κ3) is 3.90. The number of ether oxygens (including phenoxy) is 1. The van der Waals surface area contributed by atoms with Crippen molar-refractivity contribution in [2.75, 3.05) is 13.7 Å². The highest BCUT2D eigenvalue weighted by Crippen LogP contribution is 2.48. The van der Waals surface area contributed by atoms with Crippen molar-refractivity contribution in [3.8, 4) is 0 Å². The van der Waals surface area contributed by atoms with E-state index in [1.807, 2.05) is 7.11 Å². The molecule has 1 aliphatic carbocycles. The molecule has 0 spiro atoms. The highest BCUT2D eigenvalue weighted by molar-refractivity contribution is 9.10. The van der Waals surface area contributed by atoms with Crippen LogP contribution in [0, 0.1) is 5.41 Å². The summed E-state index contributed by atoms with van der Waals surface area (Å²) in [6, 6.07) is 0.277. The first-order valence-corrected chi connectivity index (χ1v) is 9.68. The van der Waals surface area contributed by atoms with E-state index in [1.54, 1.807) is 11.3 Å². The number of halogens is 1. The minimum absolute atomic E-state index is 0.0751. The lowest BCUT2D eigenvalue weighted by molar-refractivity contribution is -0.0876. The molecular weight excluding hydrogens is 346 g/mol. The van der Waals surface area contributed by atoms with Crippen LogP contribution in [0.3, 0.4) is 0 Å². The maximum absolute atomic E-state index is 6.13. The number of rotatable bonds is 6. The number of methoxy groups -OCH3 is 1. The molecule has 1 aliphatic rings. The minimum atomic E-state index is -0.0751. The summed E-state index contributed by atoms with van der Waals surface area (Å²) >= 11 is 5.47. The van der Waals surface area contributed by atoms with Gasteiger partial charge < -0.3 is 10.1 Å². The van der Waals surface area contributed by atoms with Crippen LogP contribution >= 0.6 is 27.3 Å². The number of thiophene rings is 1. The van der Waals surface area contributed by atoms with Crippen molar-refractivity contribution in [2.24, 2.45) is 5.41 Å². The van der Waals surface area contributed by atoms with Crippen LogP contribution in [0.25, 0.3) is 0 Å². The Bertz CT molecular complexity index is 447. The summed E-state index contributed by atoms with van der Waals surface area (Å²) in [5, 5.41) is 8.19. The number of nitrogens with one attached hydrogen (secondary N) is 1. The van der Waals surface area contributed by atoms with Gasteiger partial charge in [0.25, 0.3) is 0 Å². The predicted octanol–water partition coefficient (Wildman–Crippen LogP) is 5.54. The van der Waals surface area contributed by atoms with E-state index >= 15 is 0 Å². The monoisotopic (exact) mass is 373 g/mol. The van der Waals surface area contributed by atoms with E-state index in [-0.39, 0.29) is 11.6 Å². The Hall–Kier alpha value is 0.1000. The molecule has 0 aliphatic heterocycles. The second-order valence-corrected chi connectivity index (χ2v) is 8.59. The molecule has 1 heterocycles. The highest BCUT2D eigenvalue weighted by atomic mass is 79.9. The SMILES string of the molecule is CCCNC(c1cscc1Br)C1(OC)CCC(C)(C)CC1. The maximum Gasteiger partial charge on any atom is 0.0873 e. The average molecular weight is 374 g/mol. The molecule has 0 radical (unpaired) electrons. The van der Waals surface area contributed by atoms with Gasteiger partial charge in [0.15, 0.2) is 0 Å². The van der Waals surface area contributed by atoms with Gasteiger partial charge in [-0.15, -0.1) is 0 Å². The molecule has 120 valence electrons. The molecule has 1 aromatic heterocycles. The van der Waals surface area contributed by atoms with Crippen molar-refractivity contribution in [1.29, 1.82) is 0 Å². The van der Waals surface area contributed by atoms with Crippen LogP contribution in [0.4, 0.5) is 0 Å². The number of hydrogen-bond acceptors (Lipinski definition) is 3. The quantitative estimate of drug-likeness (QED) is 0.706. The van der Waals surface area contributed by atoms with Crippen molar-refractivity contribution >= 4 is 27.3 Å². The van der Waals surface area contributed by atoms with E-state index in [1.165, 1.54) is 22.9 Å². The van der Waals surface area contributed by atoms with Crippen LogP contribution in [0.5, 0.6) is 0 Å². The zero-order chi connectivity index (χ0) is 15.5. The van der Waals surface area contributed by atoms with Crippen molar-refractivity contribution in [3.05, 3.63) is 20.8 Å². The summed E-state index contributed by atoms with van der Waals surface area (Å²) < 4.78 is 7.34. The molecule has 4 heteroatoms. The fraction of sp³-hybridized carbons (Fsp3) is 0.765. The highest BCUT2D eigenvalue weighted by Gasteiger charge is 2.45. The van der Waals surface area contributed by atoms with Crippen LogP contribution in [-0.4, -0.2) is 19.3 Å². The Kier molecular flexibility index (Phi) is 5.91. The molecule has 0 saturated heterocycles. The lowest BCUT2D eigenvalue weighted by Crippen LogP contribution is -2.49. The van der Waals surface area contributed by atoms with E-state index < -0.39 is 0 Å². The summed E-state index contributed by atoms with van der Waals surface area (Å²) in [7, 11) is 1.89. The number of hydrogen-bond donors (Lipinski definition) is 1. The normalized spacial score (nSPS) is 22.1. The Labute approximate surface area is 141 Å². The zero-order valence-electron chi connectivity index (χ0n) is 13.7. The molecule has 1 aromatic rings. The molecule has 21 heavy (non-hydrogen) atoms. The molecule has 2 rings (SSSR count). The Balaban J connectivity index is 2.27. The van der Waals surface area contributed by atoms with Gasteiger partial charge in [0.2, 0.25) is 0 Å². The second kappa shape index (κ2) is 7.12. The lowest BCUT2D eigenvalue weighted by Gasteiger charge is -2.47. The topological polar surface area (TPSA) is 21.3 Å². The van der Waals surface area contributed by atoms with Crippen molar-refractivity contribution < 1.29 is 4.74 Å². The zero-order valence-corrected chi connectivity index (χ0v) is 16.1.